The number of nitrogens with zero attached hydrogens (tertiary/aromatic N) is 1. The highest BCUT2D eigenvalue weighted by molar-refractivity contribution is 5.89. The molecule has 2 unspecified atom stereocenters. The Hall–Kier alpha value is -1.55. The van der Waals surface area contributed by atoms with Crippen molar-refractivity contribution >= 4 is 11.7 Å². The zero-order chi connectivity index (χ0) is 12.3. The SMILES string of the molecule is CC1CN(C(=O)Nc2ccccc2)C(C)CO1. The average molecular weight is 234 g/mol. The van der Waals surface area contributed by atoms with E-state index in [0.717, 1.165) is 5.69 Å². The number of urea groups is 1. The number of carbonyl (C=O) groups is 1. The van der Waals surface area contributed by atoms with Gasteiger partial charge in [0.15, 0.2) is 0 Å². The van der Waals surface area contributed by atoms with Crippen LogP contribution in [0.2, 0.25) is 0 Å². The summed E-state index contributed by atoms with van der Waals surface area (Å²) >= 11 is 0. The van der Waals surface area contributed by atoms with Gasteiger partial charge in [0.2, 0.25) is 0 Å². The van der Waals surface area contributed by atoms with Crippen molar-refractivity contribution in [2.75, 3.05) is 18.5 Å². The Labute approximate surface area is 102 Å². The molecule has 0 radical (unpaired) electrons. The number of amides is 2. The minimum atomic E-state index is -0.0566. The summed E-state index contributed by atoms with van der Waals surface area (Å²) in [5, 5.41) is 2.89. The molecule has 0 spiro atoms. The van der Waals surface area contributed by atoms with Crippen molar-refractivity contribution in [1.29, 1.82) is 0 Å². The summed E-state index contributed by atoms with van der Waals surface area (Å²) in [5.41, 5.74) is 0.823. The van der Waals surface area contributed by atoms with Gasteiger partial charge in [0.1, 0.15) is 0 Å². The Bertz CT molecular complexity index is 380. The Kier molecular flexibility index (Phi) is 3.64. The first-order valence-corrected chi connectivity index (χ1v) is 5.91. The summed E-state index contributed by atoms with van der Waals surface area (Å²) in [6.07, 6.45) is 0.104. The number of ether oxygens (including phenoxy) is 1. The molecule has 2 atom stereocenters. The van der Waals surface area contributed by atoms with Crippen LogP contribution < -0.4 is 5.32 Å². The molecular formula is C13H18N2O2. The van der Waals surface area contributed by atoms with Crippen LogP contribution in [0.3, 0.4) is 0 Å². The fourth-order valence-electron chi connectivity index (χ4n) is 1.90. The number of anilines is 1. The summed E-state index contributed by atoms with van der Waals surface area (Å²) in [5.74, 6) is 0. The van der Waals surface area contributed by atoms with Crippen LogP contribution >= 0.6 is 0 Å². The first kappa shape index (κ1) is 11.9. The van der Waals surface area contributed by atoms with Crippen LogP contribution in [0.4, 0.5) is 10.5 Å². The van der Waals surface area contributed by atoms with Crippen LogP contribution in [0.1, 0.15) is 13.8 Å². The molecule has 4 nitrogen and oxygen atoms in total. The van der Waals surface area contributed by atoms with Gasteiger partial charge in [-0.1, -0.05) is 18.2 Å². The van der Waals surface area contributed by atoms with E-state index in [1.54, 1.807) is 0 Å². The van der Waals surface area contributed by atoms with Gasteiger partial charge in [-0.25, -0.2) is 4.79 Å². The number of nitrogens with one attached hydrogen (secondary N) is 1. The molecule has 17 heavy (non-hydrogen) atoms. The van der Waals surface area contributed by atoms with E-state index in [1.165, 1.54) is 0 Å². The van der Waals surface area contributed by atoms with Gasteiger partial charge >= 0.3 is 6.03 Å². The molecular weight excluding hydrogens is 216 g/mol. The molecule has 0 bridgehead atoms. The molecule has 4 heteroatoms. The first-order chi connectivity index (χ1) is 8.16. The van der Waals surface area contributed by atoms with Crippen LogP contribution in [0.5, 0.6) is 0 Å². The predicted molar refractivity (Wildman–Crippen MR) is 67.0 cm³/mol. The normalized spacial score (nSPS) is 24.5. The van der Waals surface area contributed by atoms with Gasteiger partial charge in [-0.3, -0.25) is 0 Å². The number of rotatable bonds is 1. The number of para-hydroxylation sites is 1. The maximum atomic E-state index is 12.1. The second-order valence-corrected chi connectivity index (χ2v) is 4.44. The highest BCUT2D eigenvalue weighted by Gasteiger charge is 2.27. The summed E-state index contributed by atoms with van der Waals surface area (Å²) in [4.78, 5) is 13.9. The number of hydrogen-bond donors (Lipinski definition) is 1. The van der Waals surface area contributed by atoms with Crippen LogP contribution in [0.15, 0.2) is 30.3 Å². The van der Waals surface area contributed by atoms with E-state index in [0.29, 0.717) is 13.2 Å². The van der Waals surface area contributed by atoms with Gasteiger partial charge in [-0.15, -0.1) is 0 Å². The lowest BCUT2D eigenvalue weighted by Crippen LogP contribution is -2.51. The molecule has 2 amide bonds. The summed E-state index contributed by atoms with van der Waals surface area (Å²) in [7, 11) is 0. The largest absolute Gasteiger partial charge is 0.375 e. The van der Waals surface area contributed by atoms with Crippen molar-refractivity contribution in [3.63, 3.8) is 0 Å². The minimum absolute atomic E-state index is 0.0566. The number of benzene rings is 1. The van der Waals surface area contributed by atoms with Crippen LogP contribution in [-0.4, -0.2) is 36.2 Å². The van der Waals surface area contributed by atoms with E-state index in [2.05, 4.69) is 5.32 Å². The third kappa shape index (κ3) is 2.97. The number of morpholine rings is 1. The lowest BCUT2D eigenvalue weighted by molar-refractivity contribution is -0.0296. The standard InChI is InChI=1S/C13H18N2O2/c1-10-9-17-11(2)8-15(10)13(16)14-12-6-4-3-5-7-12/h3-7,10-11H,8-9H2,1-2H3,(H,14,16). The second kappa shape index (κ2) is 5.19. The summed E-state index contributed by atoms with van der Waals surface area (Å²) in [6, 6.07) is 9.56. The zero-order valence-corrected chi connectivity index (χ0v) is 10.2. The quantitative estimate of drug-likeness (QED) is 0.810. The first-order valence-electron chi connectivity index (χ1n) is 5.91. The molecule has 1 aliphatic rings. The molecule has 1 N–H and O–H groups in total. The smallest absolute Gasteiger partial charge is 0.322 e. The molecule has 92 valence electrons. The van der Waals surface area contributed by atoms with Gasteiger partial charge in [0.05, 0.1) is 18.8 Å². The van der Waals surface area contributed by atoms with Crippen molar-refractivity contribution in [3.8, 4) is 0 Å². The molecule has 0 aromatic heterocycles. The lowest BCUT2D eigenvalue weighted by Gasteiger charge is -2.36. The third-order valence-electron chi connectivity index (χ3n) is 2.89. The third-order valence-corrected chi connectivity index (χ3v) is 2.89. The second-order valence-electron chi connectivity index (χ2n) is 4.44. The zero-order valence-electron chi connectivity index (χ0n) is 10.2. The Morgan fingerprint density at radius 3 is 2.76 bits per heavy atom. The summed E-state index contributed by atoms with van der Waals surface area (Å²) < 4.78 is 5.50. The molecule has 1 saturated heterocycles. The highest BCUT2D eigenvalue weighted by Crippen LogP contribution is 2.14. The number of hydrogen-bond acceptors (Lipinski definition) is 2. The molecule has 0 saturated carbocycles. The average Bonchev–Trinajstić information content (AvgIpc) is 2.33. The topological polar surface area (TPSA) is 41.6 Å². The highest BCUT2D eigenvalue weighted by atomic mass is 16.5. The summed E-state index contributed by atoms with van der Waals surface area (Å²) in [6.45, 7) is 5.22. The van der Waals surface area contributed by atoms with E-state index in [4.69, 9.17) is 4.74 Å². The molecule has 1 aromatic rings. The monoisotopic (exact) mass is 234 g/mol. The lowest BCUT2D eigenvalue weighted by atomic mass is 10.2. The van der Waals surface area contributed by atoms with Gasteiger partial charge < -0.3 is 15.0 Å². The van der Waals surface area contributed by atoms with E-state index in [1.807, 2.05) is 49.1 Å². The minimum Gasteiger partial charge on any atom is -0.375 e. The molecule has 2 rings (SSSR count). The molecule has 1 fully saturated rings. The van der Waals surface area contributed by atoms with Crippen LogP contribution in [-0.2, 0) is 4.74 Å². The fraction of sp³-hybridized carbons (Fsp3) is 0.462. The Morgan fingerprint density at radius 2 is 2.06 bits per heavy atom. The van der Waals surface area contributed by atoms with Gasteiger partial charge in [0, 0.05) is 12.2 Å². The van der Waals surface area contributed by atoms with E-state index in [-0.39, 0.29) is 18.2 Å². The fourth-order valence-corrected chi connectivity index (χ4v) is 1.90. The van der Waals surface area contributed by atoms with Crippen molar-refractivity contribution in [2.45, 2.75) is 26.0 Å². The molecule has 0 aliphatic carbocycles. The molecule has 1 heterocycles. The van der Waals surface area contributed by atoms with E-state index in [9.17, 15) is 4.79 Å². The number of carbonyl (C=O) groups excluding carboxylic acids is 1. The van der Waals surface area contributed by atoms with Crippen LogP contribution in [0.25, 0.3) is 0 Å². The predicted octanol–water partition coefficient (Wildman–Crippen LogP) is 2.33. The molecule has 1 aromatic carbocycles. The Balaban J connectivity index is 1.99. The van der Waals surface area contributed by atoms with Gasteiger partial charge in [-0.05, 0) is 26.0 Å². The van der Waals surface area contributed by atoms with Crippen molar-refractivity contribution in [2.24, 2.45) is 0 Å². The molecule has 1 aliphatic heterocycles. The van der Waals surface area contributed by atoms with Crippen molar-refractivity contribution in [1.82, 2.24) is 4.90 Å². The van der Waals surface area contributed by atoms with E-state index >= 15 is 0 Å². The maximum absolute atomic E-state index is 12.1. The maximum Gasteiger partial charge on any atom is 0.322 e. The van der Waals surface area contributed by atoms with Crippen molar-refractivity contribution in [3.05, 3.63) is 30.3 Å². The van der Waals surface area contributed by atoms with Gasteiger partial charge in [-0.2, -0.15) is 0 Å². The van der Waals surface area contributed by atoms with E-state index < -0.39 is 0 Å². The van der Waals surface area contributed by atoms with Gasteiger partial charge in [0.25, 0.3) is 0 Å². The van der Waals surface area contributed by atoms with Crippen molar-refractivity contribution < 1.29 is 9.53 Å². The van der Waals surface area contributed by atoms with Crippen LogP contribution in [0, 0.1) is 0 Å². The Morgan fingerprint density at radius 1 is 1.35 bits per heavy atom.